The number of methoxy groups -OCH3 is 1. The predicted molar refractivity (Wildman–Crippen MR) is 101 cm³/mol. The van der Waals surface area contributed by atoms with Gasteiger partial charge >= 0.3 is 5.97 Å². The molecular formula is C19H14BrF2N3O3. The third kappa shape index (κ3) is 3.99. The molecule has 0 radical (unpaired) electrons. The first-order valence-electron chi connectivity index (χ1n) is 8.13. The van der Waals surface area contributed by atoms with Crippen molar-refractivity contribution in [1.82, 2.24) is 15.3 Å². The van der Waals surface area contributed by atoms with Crippen LogP contribution in [0.4, 0.5) is 8.78 Å². The molecule has 6 nitrogen and oxygen atoms in total. The van der Waals surface area contributed by atoms with Crippen LogP contribution >= 0.6 is 15.9 Å². The van der Waals surface area contributed by atoms with E-state index in [4.69, 9.17) is 4.74 Å². The van der Waals surface area contributed by atoms with Gasteiger partial charge in [-0.2, -0.15) is 0 Å². The Morgan fingerprint density at radius 1 is 1.11 bits per heavy atom. The number of fused-ring (bicyclic) bond motifs is 1. The first-order valence-corrected chi connectivity index (χ1v) is 8.92. The number of amides is 1. The van der Waals surface area contributed by atoms with E-state index < -0.39 is 35.1 Å². The van der Waals surface area contributed by atoms with Crippen LogP contribution in [0.2, 0.25) is 0 Å². The number of carbonyl (C=O) groups excluding carboxylic acids is 2. The van der Waals surface area contributed by atoms with E-state index in [1.165, 1.54) is 12.4 Å². The van der Waals surface area contributed by atoms with Crippen molar-refractivity contribution >= 4 is 38.8 Å². The molecule has 0 saturated heterocycles. The third-order valence-electron chi connectivity index (χ3n) is 4.06. The Morgan fingerprint density at radius 2 is 1.75 bits per heavy atom. The molecule has 28 heavy (non-hydrogen) atoms. The Labute approximate surface area is 167 Å². The van der Waals surface area contributed by atoms with Gasteiger partial charge in [0.15, 0.2) is 0 Å². The summed E-state index contributed by atoms with van der Waals surface area (Å²) in [6, 6.07) is 5.34. The van der Waals surface area contributed by atoms with Crippen LogP contribution in [-0.2, 0) is 16.0 Å². The summed E-state index contributed by atoms with van der Waals surface area (Å²) in [5, 5.41) is 2.34. The number of benzene rings is 2. The number of carbonyl (C=O) groups is 2. The molecule has 0 fully saturated rings. The van der Waals surface area contributed by atoms with Gasteiger partial charge in [-0.25, -0.2) is 13.6 Å². The average Bonchev–Trinajstić information content (AvgIpc) is 2.69. The van der Waals surface area contributed by atoms with Gasteiger partial charge in [-0.05, 0) is 39.7 Å². The zero-order valence-corrected chi connectivity index (χ0v) is 16.2. The number of nitrogens with zero attached hydrogens (tertiary/aromatic N) is 2. The molecular weight excluding hydrogens is 436 g/mol. The van der Waals surface area contributed by atoms with E-state index in [0.29, 0.717) is 21.1 Å². The molecule has 3 rings (SSSR count). The lowest BCUT2D eigenvalue weighted by atomic mass is 10.0. The molecule has 1 atom stereocenters. The summed E-state index contributed by atoms with van der Waals surface area (Å²) in [6.07, 6.45) is 3.02. The molecule has 1 aromatic heterocycles. The van der Waals surface area contributed by atoms with Gasteiger partial charge < -0.3 is 10.1 Å². The summed E-state index contributed by atoms with van der Waals surface area (Å²) in [6.45, 7) is 0. The minimum absolute atomic E-state index is 0.00302. The third-order valence-corrected chi connectivity index (χ3v) is 4.70. The second-order valence-electron chi connectivity index (χ2n) is 5.81. The highest BCUT2D eigenvalue weighted by Gasteiger charge is 2.26. The number of esters is 1. The summed E-state index contributed by atoms with van der Waals surface area (Å²) < 4.78 is 33.2. The van der Waals surface area contributed by atoms with Gasteiger partial charge in [-0.1, -0.05) is 12.1 Å². The summed E-state index contributed by atoms with van der Waals surface area (Å²) in [4.78, 5) is 33.1. The molecule has 0 aliphatic heterocycles. The molecule has 1 heterocycles. The number of rotatable bonds is 5. The molecule has 1 amide bonds. The molecule has 0 spiro atoms. The highest BCUT2D eigenvalue weighted by molar-refractivity contribution is 9.10. The van der Waals surface area contributed by atoms with Gasteiger partial charge in [0.05, 0.1) is 12.6 Å². The lowest BCUT2D eigenvalue weighted by Gasteiger charge is -2.18. The van der Waals surface area contributed by atoms with E-state index in [9.17, 15) is 18.4 Å². The van der Waals surface area contributed by atoms with E-state index in [1.807, 2.05) is 0 Å². The van der Waals surface area contributed by atoms with Gasteiger partial charge in [-0.15, -0.1) is 0 Å². The SMILES string of the molecule is COC(=O)[C@H](Cc1ccc(Br)c2nccnc12)NC(=O)c1c(F)cccc1F. The lowest BCUT2D eigenvalue weighted by Crippen LogP contribution is -2.43. The maximum Gasteiger partial charge on any atom is 0.328 e. The van der Waals surface area contributed by atoms with Gasteiger partial charge in [0.25, 0.3) is 5.91 Å². The van der Waals surface area contributed by atoms with E-state index >= 15 is 0 Å². The van der Waals surface area contributed by atoms with E-state index in [-0.39, 0.29) is 6.42 Å². The molecule has 0 unspecified atom stereocenters. The Bertz CT molecular complexity index is 1040. The molecule has 1 N–H and O–H groups in total. The van der Waals surface area contributed by atoms with Crippen molar-refractivity contribution in [2.24, 2.45) is 0 Å². The number of hydrogen-bond acceptors (Lipinski definition) is 5. The standard InChI is InChI=1S/C19H14BrF2N3O3/c1-28-19(27)14(25-18(26)15-12(21)3-2-4-13(15)22)9-10-5-6-11(20)17-16(10)23-7-8-24-17/h2-8,14H,9H2,1H3,(H,25,26)/t14-/m0/s1. The van der Waals surface area contributed by atoms with Crippen LogP contribution in [-0.4, -0.2) is 35.0 Å². The van der Waals surface area contributed by atoms with E-state index in [0.717, 1.165) is 25.3 Å². The number of nitrogens with one attached hydrogen (secondary N) is 1. The molecule has 2 aromatic carbocycles. The summed E-state index contributed by atoms with van der Waals surface area (Å²) in [5.41, 5.74) is 0.944. The number of aromatic nitrogens is 2. The fraction of sp³-hybridized carbons (Fsp3) is 0.158. The van der Waals surface area contributed by atoms with Crippen LogP contribution in [0.1, 0.15) is 15.9 Å². The largest absolute Gasteiger partial charge is 0.467 e. The first kappa shape index (κ1) is 19.8. The predicted octanol–water partition coefficient (Wildman–Crippen LogP) is 3.18. The van der Waals surface area contributed by atoms with Crippen molar-refractivity contribution in [1.29, 1.82) is 0 Å². The monoisotopic (exact) mass is 449 g/mol. The van der Waals surface area contributed by atoms with E-state index in [1.54, 1.807) is 12.1 Å². The van der Waals surface area contributed by atoms with Gasteiger partial charge in [0.2, 0.25) is 0 Å². The Hall–Kier alpha value is -2.94. The van der Waals surface area contributed by atoms with Crippen LogP contribution in [0.15, 0.2) is 47.2 Å². The normalized spacial score (nSPS) is 11.9. The summed E-state index contributed by atoms with van der Waals surface area (Å²) in [7, 11) is 1.16. The molecule has 0 saturated carbocycles. The summed E-state index contributed by atoms with van der Waals surface area (Å²) in [5.74, 6) is -3.87. The fourth-order valence-corrected chi connectivity index (χ4v) is 3.17. The van der Waals surface area contributed by atoms with Crippen molar-refractivity contribution in [2.45, 2.75) is 12.5 Å². The number of halogens is 3. The highest BCUT2D eigenvalue weighted by Crippen LogP contribution is 2.24. The topological polar surface area (TPSA) is 81.2 Å². The van der Waals surface area contributed by atoms with Crippen LogP contribution in [0.25, 0.3) is 11.0 Å². The van der Waals surface area contributed by atoms with Crippen molar-refractivity contribution in [3.63, 3.8) is 0 Å². The van der Waals surface area contributed by atoms with Gasteiger partial charge in [0, 0.05) is 23.3 Å². The molecule has 144 valence electrons. The van der Waals surface area contributed by atoms with Crippen molar-refractivity contribution < 1.29 is 23.1 Å². The quantitative estimate of drug-likeness (QED) is 0.604. The zero-order valence-electron chi connectivity index (χ0n) is 14.6. The number of ether oxygens (including phenoxy) is 1. The molecule has 3 aromatic rings. The number of hydrogen-bond donors (Lipinski definition) is 1. The Kier molecular flexibility index (Phi) is 5.93. The maximum atomic E-state index is 13.9. The van der Waals surface area contributed by atoms with Gasteiger partial charge in [-0.3, -0.25) is 14.8 Å². The second kappa shape index (κ2) is 8.39. The van der Waals surface area contributed by atoms with Crippen LogP contribution in [0.5, 0.6) is 0 Å². The molecule has 0 bridgehead atoms. The minimum atomic E-state index is -1.18. The van der Waals surface area contributed by atoms with Crippen LogP contribution < -0.4 is 5.32 Å². The summed E-state index contributed by atoms with van der Waals surface area (Å²) >= 11 is 3.38. The average molecular weight is 450 g/mol. The Balaban J connectivity index is 1.93. The molecule has 0 aliphatic rings. The molecule has 0 aliphatic carbocycles. The second-order valence-corrected chi connectivity index (χ2v) is 6.66. The van der Waals surface area contributed by atoms with Crippen LogP contribution in [0.3, 0.4) is 0 Å². The molecule has 9 heteroatoms. The van der Waals surface area contributed by atoms with E-state index in [2.05, 4.69) is 31.2 Å². The Morgan fingerprint density at radius 3 is 2.39 bits per heavy atom. The van der Waals surface area contributed by atoms with Crippen molar-refractivity contribution in [3.05, 3.63) is 70.0 Å². The van der Waals surface area contributed by atoms with Crippen molar-refractivity contribution in [2.75, 3.05) is 7.11 Å². The van der Waals surface area contributed by atoms with Crippen LogP contribution in [0, 0.1) is 11.6 Å². The lowest BCUT2D eigenvalue weighted by molar-refractivity contribution is -0.142. The zero-order chi connectivity index (χ0) is 20.3. The van der Waals surface area contributed by atoms with Gasteiger partial charge in [0.1, 0.15) is 28.8 Å². The smallest absolute Gasteiger partial charge is 0.328 e. The minimum Gasteiger partial charge on any atom is -0.467 e. The fourth-order valence-electron chi connectivity index (χ4n) is 2.74. The maximum absolute atomic E-state index is 13.9. The first-order chi connectivity index (χ1) is 13.4. The highest BCUT2D eigenvalue weighted by atomic mass is 79.9. The van der Waals surface area contributed by atoms with Crippen molar-refractivity contribution in [3.8, 4) is 0 Å².